The van der Waals surface area contributed by atoms with E-state index in [1.807, 2.05) is 0 Å². The number of amides is 1. The van der Waals surface area contributed by atoms with E-state index in [0.717, 1.165) is 26.8 Å². The lowest BCUT2D eigenvalue weighted by molar-refractivity contribution is -0.114. The van der Waals surface area contributed by atoms with Gasteiger partial charge in [-0.25, -0.2) is 25.6 Å². The summed E-state index contributed by atoms with van der Waals surface area (Å²) >= 11 is 0. The maximum absolute atomic E-state index is 13.9. The lowest BCUT2D eigenvalue weighted by atomic mass is 10.3. The van der Waals surface area contributed by atoms with Crippen LogP contribution >= 0.6 is 0 Å². The molecule has 1 saturated heterocycles. The quantitative estimate of drug-likeness (QED) is 0.732. The summed E-state index contributed by atoms with van der Waals surface area (Å²) in [5, 5.41) is 2.53. The highest BCUT2D eigenvalue weighted by Gasteiger charge is 2.36. The van der Waals surface area contributed by atoms with E-state index in [4.69, 9.17) is 0 Å². The van der Waals surface area contributed by atoms with Crippen molar-refractivity contribution in [2.24, 2.45) is 0 Å². The van der Waals surface area contributed by atoms with Gasteiger partial charge in [0.05, 0.1) is 4.90 Å². The largest absolute Gasteiger partial charge is 0.326 e. The van der Waals surface area contributed by atoms with Crippen molar-refractivity contribution in [2.45, 2.75) is 16.7 Å². The number of carbonyl (C=O) groups is 1. The third kappa shape index (κ3) is 4.36. The van der Waals surface area contributed by atoms with Gasteiger partial charge in [-0.3, -0.25) is 4.79 Å². The lowest BCUT2D eigenvalue weighted by Crippen LogP contribution is -2.50. The van der Waals surface area contributed by atoms with Crippen molar-refractivity contribution in [1.29, 1.82) is 0 Å². The number of sulfonamides is 2. The molecule has 1 aliphatic rings. The van der Waals surface area contributed by atoms with Gasteiger partial charge in [-0.15, -0.1) is 0 Å². The molecule has 12 heteroatoms. The first-order chi connectivity index (χ1) is 14.0. The number of piperazine rings is 1. The highest BCUT2D eigenvalue weighted by atomic mass is 32.2. The summed E-state index contributed by atoms with van der Waals surface area (Å²) < 4.78 is 80.7. The molecular formula is C18H19F2N3O5S2. The van der Waals surface area contributed by atoms with E-state index in [-0.39, 0.29) is 37.0 Å². The van der Waals surface area contributed by atoms with Crippen LogP contribution in [0.25, 0.3) is 0 Å². The molecule has 1 fully saturated rings. The monoisotopic (exact) mass is 459 g/mol. The van der Waals surface area contributed by atoms with Crippen molar-refractivity contribution >= 4 is 31.6 Å². The van der Waals surface area contributed by atoms with Gasteiger partial charge in [-0.1, -0.05) is 6.07 Å². The van der Waals surface area contributed by atoms with Gasteiger partial charge in [0.25, 0.3) is 0 Å². The predicted molar refractivity (Wildman–Crippen MR) is 105 cm³/mol. The molecule has 0 atom stereocenters. The standard InChI is InChI=1S/C18H19F2N3O5S2/c1-13(24)21-14-5-7-15(8-6-14)29(25,26)22-9-11-23(12-10-22)30(27,28)18-16(19)3-2-4-17(18)20/h2-8H,9-12H2,1H3,(H,21,24). The van der Waals surface area contributed by atoms with Crippen molar-refractivity contribution in [3.8, 4) is 0 Å². The molecule has 0 bridgehead atoms. The van der Waals surface area contributed by atoms with Crippen LogP contribution < -0.4 is 5.32 Å². The molecule has 2 aromatic carbocycles. The van der Waals surface area contributed by atoms with E-state index in [1.165, 1.54) is 31.2 Å². The van der Waals surface area contributed by atoms with Crippen LogP contribution in [0.2, 0.25) is 0 Å². The fourth-order valence-corrected chi connectivity index (χ4v) is 6.02. The number of hydrogen-bond donors (Lipinski definition) is 1. The molecule has 162 valence electrons. The highest BCUT2D eigenvalue weighted by molar-refractivity contribution is 7.89. The first-order valence-electron chi connectivity index (χ1n) is 8.85. The first kappa shape index (κ1) is 22.3. The number of rotatable bonds is 5. The number of nitrogens with one attached hydrogen (secondary N) is 1. The molecule has 1 amide bonds. The van der Waals surface area contributed by atoms with E-state index in [1.54, 1.807) is 0 Å². The van der Waals surface area contributed by atoms with Gasteiger partial charge in [0.2, 0.25) is 26.0 Å². The van der Waals surface area contributed by atoms with Crippen LogP contribution in [0.3, 0.4) is 0 Å². The Balaban J connectivity index is 1.75. The molecule has 1 aliphatic heterocycles. The van der Waals surface area contributed by atoms with Crippen LogP contribution in [-0.4, -0.2) is 57.5 Å². The zero-order chi connectivity index (χ0) is 22.1. The Morgan fingerprint density at radius 2 is 1.30 bits per heavy atom. The number of halogens is 2. The third-order valence-corrected chi connectivity index (χ3v) is 8.39. The van der Waals surface area contributed by atoms with E-state index < -0.39 is 36.6 Å². The predicted octanol–water partition coefficient (Wildman–Crippen LogP) is 1.62. The molecule has 2 aromatic rings. The molecule has 0 aromatic heterocycles. The summed E-state index contributed by atoms with van der Waals surface area (Å²) in [5.41, 5.74) is 0.435. The fraction of sp³-hybridized carbons (Fsp3) is 0.278. The Bertz CT molecular complexity index is 1140. The number of carbonyl (C=O) groups excluding carboxylic acids is 1. The normalized spacial score (nSPS) is 16.4. The number of nitrogens with zero attached hydrogens (tertiary/aromatic N) is 2. The van der Waals surface area contributed by atoms with E-state index >= 15 is 0 Å². The third-order valence-electron chi connectivity index (χ3n) is 4.53. The zero-order valence-corrected chi connectivity index (χ0v) is 17.5. The van der Waals surface area contributed by atoms with Gasteiger partial charge in [-0.05, 0) is 36.4 Å². The van der Waals surface area contributed by atoms with Gasteiger partial charge >= 0.3 is 0 Å². The summed E-state index contributed by atoms with van der Waals surface area (Å²) in [5.74, 6) is -2.71. The Labute approximate surface area is 173 Å². The minimum Gasteiger partial charge on any atom is -0.326 e. The molecule has 0 aliphatic carbocycles. The topological polar surface area (TPSA) is 104 Å². The van der Waals surface area contributed by atoms with Gasteiger partial charge in [0.15, 0.2) is 4.90 Å². The molecular weight excluding hydrogens is 440 g/mol. The van der Waals surface area contributed by atoms with E-state index in [9.17, 15) is 30.4 Å². The second kappa shape index (κ2) is 8.38. The highest BCUT2D eigenvalue weighted by Crippen LogP contribution is 2.25. The molecule has 3 rings (SSSR count). The number of anilines is 1. The summed E-state index contributed by atoms with van der Waals surface area (Å²) in [4.78, 5) is 9.99. The van der Waals surface area contributed by atoms with Crippen LogP contribution in [-0.2, 0) is 24.8 Å². The summed E-state index contributed by atoms with van der Waals surface area (Å²) in [7, 11) is -8.36. The van der Waals surface area contributed by atoms with Crippen LogP contribution in [0.4, 0.5) is 14.5 Å². The minimum absolute atomic E-state index is 0.0203. The maximum atomic E-state index is 13.9. The maximum Gasteiger partial charge on any atom is 0.249 e. The number of hydrogen-bond acceptors (Lipinski definition) is 5. The second-order valence-electron chi connectivity index (χ2n) is 6.56. The van der Waals surface area contributed by atoms with Crippen molar-refractivity contribution in [3.05, 3.63) is 54.1 Å². The van der Waals surface area contributed by atoms with E-state index in [2.05, 4.69) is 5.32 Å². The Hall–Kier alpha value is -2.41. The lowest BCUT2D eigenvalue weighted by Gasteiger charge is -2.33. The SMILES string of the molecule is CC(=O)Nc1ccc(S(=O)(=O)N2CCN(S(=O)(=O)c3c(F)cccc3F)CC2)cc1. The minimum atomic E-state index is -4.45. The zero-order valence-electron chi connectivity index (χ0n) is 15.9. The summed E-state index contributed by atoms with van der Waals surface area (Å²) in [6.07, 6.45) is 0. The molecule has 1 heterocycles. The van der Waals surface area contributed by atoms with Gasteiger partial charge < -0.3 is 5.32 Å². The van der Waals surface area contributed by atoms with Crippen LogP contribution in [0.5, 0.6) is 0 Å². The molecule has 1 N–H and O–H groups in total. The molecule has 30 heavy (non-hydrogen) atoms. The fourth-order valence-electron chi connectivity index (χ4n) is 3.07. The van der Waals surface area contributed by atoms with Crippen molar-refractivity contribution in [1.82, 2.24) is 8.61 Å². The smallest absolute Gasteiger partial charge is 0.249 e. The summed E-state index contributed by atoms with van der Waals surface area (Å²) in [6, 6.07) is 8.30. The Kier molecular flexibility index (Phi) is 6.22. The van der Waals surface area contributed by atoms with E-state index in [0.29, 0.717) is 5.69 Å². The van der Waals surface area contributed by atoms with Crippen molar-refractivity contribution in [2.75, 3.05) is 31.5 Å². The first-order valence-corrected chi connectivity index (χ1v) is 11.7. The second-order valence-corrected chi connectivity index (χ2v) is 10.4. The van der Waals surface area contributed by atoms with Crippen LogP contribution in [0.1, 0.15) is 6.92 Å². The Morgan fingerprint density at radius 3 is 1.77 bits per heavy atom. The van der Waals surface area contributed by atoms with Crippen LogP contribution in [0, 0.1) is 11.6 Å². The molecule has 0 saturated carbocycles. The average Bonchev–Trinajstić information content (AvgIpc) is 2.68. The molecule has 8 nitrogen and oxygen atoms in total. The van der Waals surface area contributed by atoms with Crippen LogP contribution in [0.15, 0.2) is 52.3 Å². The molecule has 0 radical (unpaired) electrons. The summed E-state index contributed by atoms with van der Waals surface area (Å²) in [6.45, 7) is 0.472. The van der Waals surface area contributed by atoms with Gasteiger partial charge in [0.1, 0.15) is 11.6 Å². The van der Waals surface area contributed by atoms with Crippen molar-refractivity contribution in [3.63, 3.8) is 0 Å². The Morgan fingerprint density at radius 1 is 0.833 bits per heavy atom. The van der Waals surface area contributed by atoms with Gasteiger partial charge in [-0.2, -0.15) is 8.61 Å². The molecule has 0 spiro atoms. The van der Waals surface area contributed by atoms with Crippen molar-refractivity contribution < 1.29 is 30.4 Å². The number of benzene rings is 2. The molecule has 0 unspecified atom stereocenters. The average molecular weight is 459 g/mol. The van der Waals surface area contributed by atoms with Gasteiger partial charge in [0, 0.05) is 38.8 Å².